The van der Waals surface area contributed by atoms with Gasteiger partial charge in [-0.15, -0.1) is 0 Å². The van der Waals surface area contributed by atoms with Crippen molar-refractivity contribution in [3.05, 3.63) is 12.2 Å². The molecule has 0 fully saturated rings. The average Bonchev–Trinajstić information content (AvgIpc) is 2.01. The first-order valence-corrected chi connectivity index (χ1v) is 4.81. The number of hydrogen-bond donors (Lipinski definition) is 0. The highest BCUT2D eigenvalue weighted by Gasteiger charge is 2.22. The van der Waals surface area contributed by atoms with Crippen LogP contribution in [0.3, 0.4) is 0 Å². The first-order valence-electron chi connectivity index (χ1n) is 4.81. The van der Waals surface area contributed by atoms with Crippen LogP contribution in [0.1, 0.15) is 20.8 Å². The van der Waals surface area contributed by atoms with E-state index in [0.717, 1.165) is 6.54 Å². The summed E-state index contributed by atoms with van der Waals surface area (Å²) in [6, 6.07) is 0. The number of likely N-dealkylation sites (N-methyl/N-ethyl adjacent to an activating group) is 1. The number of ether oxygens (including phenoxy) is 1. The summed E-state index contributed by atoms with van der Waals surface area (Å²) < 4.78 is 5.04. The Morgan fingerprint density at radius 2 is 1.86 bits per heavy atom. The molecule has 3 heteroatoms. The number of esters is 1. The molecule has 3 nitrogen and oxygen atoms in total. The maximum Gasteiger partial charge on any atom is 0.311 e. The van der Waals surface area contributed by atoms with E-state index in [2.05, 4.69) is 0 Å². The lowest BCUT2D eigenvalue weighted by Gasteiger charge is -2.15. The molecule has 0 rings (SSSR count). The molecule has 0 atom stereocenters. The zero-order valence-corrected chi connectivity index (χ0v) is 9.83. The molecule has 14 heavy (non-hydrogen) atoms. The van der Waals surface area contributed by atoms with Crippen molar-refractivity contribution in [1.82, 2.24) is 4.90 Å². The van der Waals surface area contributed by atoms with Gasteiger partial charge in [-0.05, 0) is 40.9 Å². The Kier molecular flexibility index (Phi) is 5.46. The summed E-state index contributed by atoms with van der Waals surface area (Å²) in [6.07, 6.45) is 3.85. The summed E-state index contributed by atoms with van der Waals surface area (Å²) in [5, 5.41) is 0. The third-order valence-corrected chi connectivity index (χ3v) is 1.56. The van der Waals surface area contributed by atoms with E-state index in [1.54, 1.807) is 0 Å². The van der Waals surface area contributed by atoms with Crippen molar-refractivity contribution in [3.63, 3.8) is 0 Å². The van der Waals surface area contributed by atoms with Crippen LogP contribution in [-0.2, 0) is 9.53 Å². The number of hydrogen-bond acceptors (Lipinski definition) is 3. The first-order chi connectivity index (χ1) is 6.34. The molecule has 0 aliphatic rings. The lowest BCUT2D eigenvalue weighted by molar-refractivity contribution is -0.151. The first kappa shape index (κ1) is 13.2. The van der Waals surface area contributed by atoms with Gasteiger partial charge in [-0.2, -0.15) is 0 Å². The molecule has 0 unspecified atom stereocenters. The zero-order chi connectivity index (χ0) is 11.2. The summed E-state index contributed by atoms with van der Waals surface area (Å²) in [7, 11) is 3.98. The SMILES string of the molecule is CN(C)C/C=C\COC(=O)C(C)(C)C. The normalized spacial score (nSPS) is 12.4. The fraction of sp³-hybridized carbons (Fsp3) is 0.727. The van der Waals surface area contributed by atoms with Crippen molar-refractivity contribution in [2.45, 2.75) is 20.8 Å². The third kappa shape index (κ3) is 6.66. The lowest BCUT2D eigenvalue weighted by Crippen LogP contribution is -2.23. The number of rotatable bonds is 4. The minimum absolute atomic E-state index is 0.160. The second-order valence-electron chi connectivity index (χ2n) is 4.58. The van der Waals surface area contributed by atoms with E-state index in [1.165, 1.54) is 0 Å². The Hall–Kier alpha value is -0.830. The van der Waals surface area contributed by atoms with Crippen LogP contribution in [0.2, 0.25) is 0 Å². The van der Waals surface area contributed by atoms with Gasteiger partial charge in [-0.1, -0.05) is 6.08 Å². The highest BCUT2D eigenvalue weighted by molar-refractivity contribution is 5.75. The van der Waals surface area contributed by atoms with Gasteiger partial charge in [0, 0.05) is 6.54 Å². The minimum atomic E-state index is -0.407. The number of carbonyl (C=O) groups excluding carboxylic acids is 1. The molecule has 0 heterocycles. The number of nitrogens with zero attached hydrogens (tertiary/aromatic N) is 1. The van der Waals surface area contributed by atoms with Gasteiger partial charge in [0.25, 0.3) is 0 Å². The molecule has 0 saturated carbocycles. The van der Waals surface area contributed by atoms with E-state index in [9.17, 15) is 4.79 Å². The highest BCUT2D eigenvalue weighted by Crippen LogP contribution is 2.14. The fourth-order valence-corrected chi connectivity index (χ4v) is 0.694. The van der Waals surface area contributed by atoms with Gasteiger partial charge in [-0.25, -0.2) is 0 Å². The summed E-state index contributed by atoms with van der Waals surface area (Å²) in [5.41, 5.74) is -0.407. The lowest BCUT2D eigenvalue weighted by atomic mass is 9.97. The molecule has 0 aliphatic heterocycles. The summed E-state index contributed by atoms with van der Waals surface area (Å²) >= 11 is 0. The molecule has 0 aromatic heterocycles. The minimum Gasteiger partial charge on any atom is -0.461 e. The molecule has 0 bridgehead atoms. The molecule has 0 aromatic carbocycles. The van der Waals surface area contributed by atoms with Crippen molar-refractivity contribution in [2.75, 3.05) is 27.2 Å². The molecular formula is C11H21NO2. The van der Waals surface area contributed by atoms with E-state index >= 15 is 0 Å². The Labute approximate surface area is 86.7 Å². The molecule has 0 aromatic rings. The van der Waals surface area contributed by atoms with E-state index < -0.39 is 5.41 Å². The maximum atomic E-state index is 11.3. The highest BCUT2D eigenvalue weighted by atomic mass is 16.5. The van der Waals surface area contributed by atoms with Gasteiger partial charge in [0.1, 0.15) is 6.61 Å². The fourth-order valence-electron chi connectivity index (χ4n) is 0.694. The van der Waals surface area contributed by atoms with Crippen LogP contribution in [0.4, 0.5) is 0 Å². The van der Waals surface area contributed by atoms with Gasteiger partial charge < -0.3 is 9.64 Å². The maximum absolute atomic E-state index is 11.3. The molecule has 82 valence electrons. The number of carbonyl (C=O) groups is 1. The molecule has 0 saturated heterocycles. The molecule has 0 aliphatic carbocycles. The van der Waals surface area contributed by atoms with Crippen LogP contribution in [0, 0.1) is 5.41 Å². The van der Waals surface area contributed by atoms with Crippen molar-refractivity contribution in [1.29, 1.82) is 0 Å². The van der Waals surface area contributed by atoms with Crippen LogP contribution in [0.15, 0.2) is 12.2 Å². The third-order valence-electron chi connectivity index (χ3n) is 1.56. The van der Waals surface area contributed by atoms with E-state index in [4.69, 9.17) is 4.74 Å². The van der Waals surface area contributed by atoms with E-state index in [1.807, 2.05) is 51.9 Å². The predicted octanol–water partition coefficient (Wildman–Crippen LogP) is 1.69. The smallest absolute Gasteiger partial charge is 0.311 e. The van der Waals surface area contributed by atoms with Gasteiger partial charge in [0.15, 0.2) is 0 Å². The van der Waals surface area contributed by atoms with Crippen LogP contribution in [-0.4, -0.2) is 38.1 Å². The molecule has 0 amide bonds. The Morgan fingerprint density at radius 1 is 1.29 bits per heavy atom. The predicted molar refractivity (Wildman–Crippen MR) is 58.1 cm³/mol. The summed E-state index contributed by atoms with van der Waals surface area (Å²) in [4.78, 5) is 13.3. The monoisotopic (exact) mass is 199 g/mol. The molecular weight excluding hydrogens is 178 g/mol. The van der Waals surface area contributed by atoms with Crippen molar-refractivity contribution in [2.24, 2.45) is 5.41 Å². The Balaban J connectivity index is 3.65. The van der Waals surface area contributed by atoms with Crippen molar-refractivity contribution in [3.8, 4) is 0 Å². The van der Waals surface area contributed by atoms with Gasteiger partial charge >= 0.3 is 5.97 Å². The molecule has 0 spiro atoms. The van der Waals surface area contributed by atoms with Crippen LogP contribution in [0.5, 0.6) is 0 Å². The van der Waals surface area contributed by atoms with Gasteiger partial charge in [0.2, 0.25) is 0 Å². The van der Waals surface area contributed by atoms with Gasteiger partial charge in [-0.3, -0.25) is 4.79 Å². The van der Waals surface area contributed by atoms with Gasteiger partial charge in [0.05, 0.1) is 5.41 Å². The second kappa shape index (κ2) is 5.81. The van der Waals surface area contributed by atoms with E-state index in [0.29, 0.717) is 6.61 Å². The van der Waals surface area contributed by atoms with Crippen molar-refractivity contribution >= 4 is 5.97 Å². The Morgan fingerprint density at radius 3 is 2.29 bits per heavy atom. The van der Waals surface area contributed by atoms with Crippen LogP contribution in [0.25, 0.3) is 0 Å². The molecule has 0 radical (unpaired) electrons. The quantitative estimate of drug-likeness (QED) is 0.510. The summed E-state index contributed by atoms with van der Waals surface area (Å²) in [6.45, 7) is 6.77. The Bertz CT molecular complexity index is 202. The zero-order valence-electron chi connectivity index (χ0n) is 9.83. The van der Waals surface area contributed by atoms with Crippen molar-refractivity contribution < 1.29 is 9.53 Å². The average molecular weight is 199 g/mol. The topological polar surface area (TPSA) is 29.5 Å². The standard InChI is InChI=1S/C11H21NO2/c1-11(2,3)10(13)14-9-7-6-8-12(4)5/h6-7H,8-9H2,1-5H3/b7-6-. The van der Waals surface area contributed by atoms with E-state index in [-0.39, 0.29) is 5.97 Å². The van der Waals surface area contributed by atoms with Crippen LogP contribution >= 0.6 is 0 Å². The largest absolute Gasteiger partial charge is 0.461 e. The van der Waals surface area contributed by atoms with Crippen LogP contribution < -0.4 is 0 Å². The molecule has 0 N–H and O–H groups in total. The second-order valence-corrected chi connectivity index (χ2v) is 4.58. The summed E-state index contributed by atoms with van der Waals surface area (Å²) in [5.74, 6) is -0.160.